The predicted octanol–water partition coefficient (Wildman–Crippen LogP) is 3.68. The van der Waals surface area contributed by atoms with Crippen LogP contribution >= 0.6 is 15.9 Å². The van der Waals surface area contributed by atoms with Crippen molar-refractivity contribution >= 4 is 27.3 Å². The highest BCUT2D eigenvalue weighted by molar-refractivity contribution is 9.10. The molecule has 2 N–H and O–H groups in total. The van der Waals surface area contributed by atoms with E-state index in [1.54, 1.807) is 36.4 Å². The van der Waals surface area contributed by atoms with Gasteiger partial charge in [0.15, 0.2) is 0 Å². The molecule has 2 aromatic rings. The molecule has 0 atom stereocenters. The normalized spacial score (nSPS) is 10.2. The highest BCUT2D eigenvalue weighted by atomic mass is 79.9. The van der Waals surface area contributed by atoms with Gasteiger partial charge in [0.2, 0.25) is 0 Å². The van der Waals surface area contributed by atoms with Crippen LogP contribution in [0, 0.1) is 10.1 Å². The van der Waals surface area contributed by atoms with Crippen molar-refractivity contribution in [3.05, 3.63) is 62.6 Å². The molecule has 0 aliphatic carbocycles. The standard InChI is InChI=1S/C13H11BrN2O3/c14-10-5-4-9(13(6-10)16(18)19)8-15-11-2-1-3-12(17)7-11/h1-7,15,17H,8H2. The van der Waals surface area contributed by atoms with Crippen molar-refractivity contribution in [3.8, 4) is 5.75 Å². The first-order valence-corrected chi connectivity index (χ1v) is 6.31. The van der Waals surface area contributed by atoms with E-state index in [1.807, 2.05) is 0 Å². The Morgan fingerprint density at radius 3 is 2.74 bits per heavy atom. The van der Waals surface area contributed by atoms with E-state index < -0.39 is 4.92 Å². The van der Waals surface area contributed by atoms with Crippen LogP contribution in [0.4, 0.5) is 11.4 Å². The van der Waals surface area contributed by atoms with E-state index in [2.05, 4.69) is 21.2 Å². The lowest BCUT2D eigenvalue weighted by Crippen LogP contribution is -2.03. The summed E-state index contributed by atoms with van der Waals surface area (Å²) in [5.41, 5.74) is 1.34. The Kier molecular flexibility index (Phi) is 4.01. The Bertz CT molecular complexity index is 617. The molecule has 0 radical (unpaired) electrons. The summed E-state index contributed by atoms with van der Waals surface area (Å²) in [5.74, 6) is 0.148. The van der Waals surface area contributed by atoms with Gasteiger partial charge < -0.3 is 10.4 Å². The first-order valence-electron chi connectivity index (χ1n) is 5.52. The maximum absolute atomic E-state index is 11.0. The Morgan fingerprint density at radius 2 is 2.05 bits per heavy atom. The topological polar surface area (TPSA) is 75.4 Å². The second kappa shape index (κ2) is 5.71. The lowest BCUT2D eigenvalue weighted by molar-refractivity contribution is -0.385. The van der Waals surface area contributed by atoms with Gasteiger partial charge in [-0.15, -0.1) is 0 Å². The summed E-state index contributed by atoms with van der Waals surface area (Å²) in [5, 5.41) is 23.3. The molecule has 0 aliphatic heterocycles. The van der Waals surface area contributed by atoms with E-state index in [0.29, 0.717) is 22.3 Å². The van der Waals surface area contributed by atoms with Gasteiger partial charge in [-0.05, 0) is 24.3 Å². The van der Waals surface area contributed by atoms with Crippen LogP contribution in [0.3, 0.4) is 0 Å². The molecule has 19 heavy (non-hydrogen) atoms. The van der Waals surface area contributed by atoms with Crippen molar-refractivity contribution in [1.82, 2.24) is 0 Å². The fraction of sp³-hybridized carbons (Fsp3) is 0.0769. The Hall–Kier alpha value is -2.08. The number of nitrogens with zero attached hydrogens (tertiary/aromatic N) is 1. The molecule has 0 fully saturated rings. The van der Waals surface area contributed by atoms with Gasteiger partial charge in [-0.2, -0.15) is 0 Å². The maximum atomic E-state index is 11.0. The third kappa shape index (κ3) is 3.45. The highest BCUT2D eigenvalue weighted by Gasteiger charge is 2.13. The first kappa shape index (κ1) is 13.4. The van der Waals surface area contributed by atoms with Gasteiger partial charge in [0.05, 0.1) is 4.92 Å². The summed E-state index contributed by atoms with van der Waals surface area (Å²) in [4.78, 5) is 10.5. The molecule has 2 aromatic carbocycles. The molecule has 0 amide bonds. The minimum absolute atomic E-state index is 0.0574. The number of benzene rings is 2. The Labute approximate surface area is 118 Å². The number of nitro benzene ring substituents is 1. The van der Waals surface area contributed by atoms with Gasteiger partial charge in [0.25, 0.3) is 5.69 Å². The summed E-state index contributed by atoms with van der Waals surface area (Å²) in [6.07, 6.45) is 0. The Balaban J connectivity index is 2.17. The second-order valence-corrected chi connectivity index (χ2v) is 4.85. The van der Waals surface area contributed by atoms with Crippen molar-refractivity contribution < 1.29 is 10.0 Å². The van der Waals surface area contributed by atoms with Crippen LogP contribution in [0.25, 0.3) is 0 Å². The third-order valence-electron chi connectivity index (χ3n) is 2.57. The van der Waals surface area contributed by atoms with E-state index >= 15 is 0 Å². The zero-order chi connectivity index (χ0) is 13.8. The van der Waals surface area contributed by atoms with Gasteiger partial charge in [0.1, 0.15) is 5.75 Å². The number of nitro groups is 1. The highest BCUT2D eigenvalue weighted by Crippen LogP contribution is 2.25. The molecule has 0 heterocycles. The minimum Gasteiger partial charge on any atom is -0.508 e. The Morgan fingerprint density at radius 1 is 1.26 bits per heavy atom. The van der Waals surface area contributed by atoms with E-state index in [0.717, 1.165) is 0 Å². The van der Waals surface area contributed by atoms with Gasteiger partial charge in [-0.3, -0.25) is 10.1 Å². The number of hydrogen-bond donors (Lipinski definition) is 2. The number of halogens is 1. The number of hydrogen-bond acceptors (Lipinski definition) is 4. The molecule has 0 unspecified atom stereocenters. The van der Waals surface area contributed by atoms with Crippen LogP contribution in [0.5, 0.6) is 5.75 Å². The average molecular weight is 323 g/mol. The zero-order valence-electron chi connectivity index (χ0n) is 9.84. The molecule has 0 saturated carbocycles. The van der Waals surface area contributed by atoms with Crippen LogP contribution in [0.1, 0.15) is 5.56 Å². The maximum Gasteiger partial charge on any atom is 0.275 e. The number of rotatable bonds is 4. The van der Waals surface area contributed by atoms with E-state index in [-0.39, 0.29) is 11.4 Å². The van der Waals surface area contributed by atoms with Crippen LogP contribution < -0.4 is 5.32 Å². The smallest absolute Gasteiger partial charge is 0.275 e. The van der Waals surface area contributed by atoms with Crippen molar-refractivity contribution in [1.29, 1.82) is 0 Å². The van der Waals surface area contributed by atoms with Crippen LogP contribution in [0.2, 0.25) is 0 Å². The molecular formula is C13H11BrN2O3. The lowest BCUT2D eigenvalue weighted by atomic mass is 10.1. The van der Waals surface area contributed by atoms with Gasteiger partial charge >= 0.3 is 0 Å². The first-order chi connectivity index (χ1) is 9.06. The summed E-state index contributed by atoms with van der Waals surface area (Å²) in [6, 6.07) is 11.5. The molecule has 98 valence electrons. The summed E-state index contributed by atoms with van der Waals surface area (Å²) in [6.45, 7) is 0.313. The summed E-state index contributed by atoms with van der Waals surface area (Å²) in [7, 11) is 0. The van der Waals surface area contributed by atoms with Gasteiger partial charge in [-0.25, -0.2) is 0 Å². The SMILES string of the molecule is O=[N+]([O-])c1cc(Br)ccc1CNc1cccc(O)c1. The lowest BCUT2D eigenvalue weighted by Gasteiger charge is -2.07. The van der Waals surface area contributed by atoms with Crippen molar-refractivity contribution in [2.75, 3.05) is 5.32 Å². The summed E-state index contributed by atoms with van der Waals surface area (Å²) >= 11 is 3.21. The van der Waals surface area contributed by atoms with Crippen LogP contribution in [-0.2, 0) is 6.54 Å². The van der Waals surface area contributed by atoms with Gasteiger partial charge in [-0.1, -0.05) is 22.0 Å². The molecule has 2 rings (SSSR count). The van der Waals surface area contributed by atoms with E-state index in [1.165, 1.54) is 6.07 Å². The molecule has 0 aliphatic rings. The summed E-state index contributed by atoms with van der Waals surface area (Å²) < 4.78 is 0.667. The third-order valence-corrected chi connectivity index (χ3v) is 3.07. The van der Waals surface area contributed by atoms with E-state index in [4.69, 9.17) is 0 Å². The molecule has 0 saturated heterocycles. The zero-order valence-corrected chi connectivity index (χ0v) is 11.4. The fourth-order valence-corrected chi connectivity index (χ4v) is 2.02. The molecule has 0 spiro atoms. The van der Waals surface area contributed by atoms with Crippen molar-refractivity contribution in [2.24, 2.45) is 0 Å². The number of phenolic OH excluding ortho intramolecular Hbond substituents is 1. The van der Waals surface area contributed by atoms with Crippen LogP contribution in [0.15, 0.2) is 46.9 Å². The number of phenols is 1. The minimum atomic E-state index is -0.412. The molecular weight excluding hydrogens is 312 g/mol. The number of anilines is 1. The molecule has 6 heteroatoms. The molecule has 0 aromatic heterocycles. The fourth-order valence-electron chi connectivity index (χ4n) is 1.67. The van der Waals surface area contributed by atoms with Crippen molar-refractivity contribution in [2.45, 2.75) is 6.54 Å². The van der Waals surface area contributed by atoms with Gasteiger partial charge in [0, 0.05) is 34.4 Å². The average Bonchev–Trinajstić information content (AvgIpc) is 2.37. The van der Waals surface area contributed by atoms with E-state index in [9.17, 15) is 15.2 Å². The molecule has 5 nitrogen and oxygen atoms in total. The largest absolute Gasteiger partial charge is 0.508 e. The van der Waals surface area contributed by atoms with Crippen LogP contribution in [-0.4, -0.2) is 10.0 Å². The molecule has 0 bridgehead atoms. The monoisotopic (exact) mass is 322 g/mol. The number of nitrogens with one attached hydrogen (secondary N) is 1. The van der Waals surface area contributed by atoms with Crippen molar-refractivity contribution in [3.63, 3.8) is 0 Å². The quantitative estimate of drug-likeness (QED) is 0.665. The predicted molar refractivity (Wildman–Crippen MR) is 76.2 cm³/mol. The second-order valence-electron chi connectivity index (χ2n) is 3.93. The number of aromatic hydroxyl groups is 1.